The van der Waals surface area contributed by atoms with Gasteiger partial charge in [0.25, 0.3) is 0 Å². The molecule has 5 rings (SSSR count). The minimum atomic E-state index is -0.164. The Labute approximate surface area is 203 Å². The van der Waals surface area contributed by atoms with Crippen LogP contribution in [0.5, 0.6) is 0 Å². The van der Waals surface area contributed by atoms with Gasteiger partial charge >= 0.3 is 0 Å². The molecule has 0 radical (unpaired) electrons. The molecule has 3 aromatic carbocycles. The number of rotatable bonds is 8. The Hall–Kier alpha value is -4.46. The Morgan fingerprint density at radius 1 is 0.914 bits per heavy atom. The first-order chi connectivity index (χ1) is 17.1. The Kier molecular flexibility index (Phi) is 6.26. The monoisotopic (exact) mass is 463 g/mol. The highest BCUT2D eigenvalue weighted by molar-refractivity contribution is 6.06. The van der Waals surface area contributed by atoms with Gasteiger partial charge in [0.1, 0.15) is 5.82 Å². The van der Waals surface area contributed by atoms with E-state index in [1.165, 1.54) is 0 Å². The molecule has 0 atom stereocenters. The van der Waals surface area contributed by atoms with Crippen LogP contribution in [0.25, 0.3) is 22.5 Å². The first kappa shape index (κ1) is 22.3. The van der Waals surface area contributed by atoms with E-state index in [1.54, 1.807) is 12.1 Å². The van der Waals surface area contributed by atoms with Crippen LogP contribution in [0.3, 0.4) is 0 Å². The van der Waals surface area contributed by atoms with Crippen molar-refractivity contribution in [3.05, 3.63) is 102 Å². The molecule has 0 bridgehead atoms. The minimum Gasteiger partial charge on any atom is -0.285 e. The number of benzene rings is 3. The Morgan fingerprint density at radius 3 is 2.31 bits per heavy atom. The fourth-order valence-corrected chi connectivity index (χ4v) is 4.01. The topological polar surface area (TPSA) is 102 Å². The normalized spacial score (nSPS) is 11.2. The van der Waals surface area contributed by atoms with Gasteiger partial charge in [0, 0.05) is 24.1 Å². The Balaban J connectivity index is 1.42. The van der Waals surface area contributed by atoms with Crippen molar-refractivity contribution in [2.24, 2.45) is 5.92 Å². The molecule has 35 heavy (non-hydrogen) atoms. The highest BCUT2D eigenvalue weighted by atomic mass is 16.1. The number of tetrazole rings is 1. The zero-order chi connectivity index (χ0) is 24.2. The third kappa shape index (κ3) is 4.91. The number of nitrogens with one attached hydrogen (secondary N) is 1. The van der Waals surface area contributed by atoms with Crippen molar-refractivity contribution >= 4 is 5.78 Å². The molecule has 8 heteroatoms. The van der Waals surface area contributed by atoms with Gasteiger partial charge in [0.05, 0.1) is 0 Å². The van der Waals surface area contributed by atoms with E-state index >= 15 is 0 Å². The first-order valence-electron chi connectivity index (χ1n) is 11.5. The van der Waals surface area contributed by atoms with Gasteiger partial charge in [-0.25, -0.2) is 14.8 Å². The Morgan fingerprint density at radius 2 is 1.63 bits per heavy atom. The summed E-state index contributed by atoms with van der Waals surface area (Å²) in [5, 5.41) is 18.8. The van der Waals surface area contributed by atoms with Crippen LogP contribution in [-0.4, -0.2) is 41.2 Å². The van der Waals surface area contributed by atoms with Gasteiger partial charge in [-0.05, 0) is 33.0 Å². The lowest BCUT2D eigenvalue weighted by Crippen LogP contribution is -2.11. The van der Waals surface area contributed by atoms with Crippen LogP contribution >= 0.6 is 0 Å². The number of hydrogen-bond donors (Lipinski definition) is 1. The lowest BCUT2D eigenvalue weighted by atomic mass is 9.98. The van der Waals surface area contributed by atoms with Gasteiger partial charge in [-0.1, -0.05) is 92.7 Å². The van der Waals surface area contributed by atoms with Crippen LogP contribution in [0.15, 0.2) is 78.9 Å². The predicted molar refractivity (Wildman–Crippen MR) is 133 cm³/mol. The number of nitrogens with zero attached hydrogens (tertiary/aromatic N) is 6. The zero-order valence-corrected chi connectivity index (χ0v) is 19.6. The number of hydrogen-bond acceptors (Lipinski definition) is 6. The van der Waals surface area contributed by atoms with Crippen LogP contribution in [0.2, 0.25) is 0 Å². The number of carbonyl (C=O) groups is 1. The van der Waals surface area contributed by atoms with E-state index in [-0.39, 0.29) is 11.6 Å². The second-order valence-electron chi connectivity index (χ2n) is 8.79. The van der Waals surface area contributed by atoms with E-state index < -0.39 is 0 Å². The molecular weight excluding hydrogens is 438 g/mol. The summed E-state index contributed by atoms with van der Waals surface area (Å²) >= 11 is 0. The summed E-state index contributed by atoms with van der Waals surface area (Å²) in [5.41, 5.74) is 4.71. The summed E-state index contributed by atoms with van der Waals surface area (Å²) in [4.78, 5) is 17.6. The fourth-order valence-electron chi connectivity index (χ4n) is 4.01. The quantitative estimate of drug-likeness (QED) is 0.337. The fraction of sp³-hybridized carbons (Fsp3) is 0.185. The third-order valence-corrected chi connectivity index (χ3v) is 5.68. The molecular formula is C27H25N7O. The van der Waals surface area contributed by atoms with E-state index in [0.717, 1.165) is 28.1 Å². The van der Waals surface area contributed by atoms with Crippen LogP contribution < -0.4 is 0 Å². The van der Waals surface area contributed by atoms with Crippen molar-refractivity contribution in [3.8, 4) is 22.5 Å². The van der Waals surface area contributed by atoms with E-state index in [0.29, 0.717) is 30.3 Å². The lowest BCUT2D eigenvalue weighted by Gasteiger charge is -2.10. The molecule has 0 spiro atoms. The summed E-state index contributed by atoms with van der Waals surface area (Å²) in [5.74, 6) is 1.85. The smallest absolute Gasteiger partial charge is 0.232 e. The van der Waals surface area contributed by atoms with Crippen LogP contribution in [0.1, 0.15) is 41.4 Å². The van der Waals surface area contributed by atoms with Crippen molar-refractivity contribution in [1.82, 2.24) is 35.4 Å². The summed E-state index contributed by atoms with van der Waals surface area (Å²) < 4.78 is 1.86. The maximum atomic E-state index is 12.9. The summed E-state index contributed by atoms with van der Waals surface area (Å²) in [6.07, 6.45) is 0.579. The van der Waals surface area contributed by atoms with Crippen LogP contribution in [-0.2, 0) is 13.0 Å². The maximum Gasteiger partial charge on any atom is 0.232 e. The summed E-state index contributed by atoms with van der Waals surface area (Å²) in [6.45, 7) is 4.95. The SMILES string of the molecule is CC(C)Cn1nc(C(=O)c2ccccc2)nc1Cc1ccc(-c2ccccc2-c2nnn[nH]2)cc1. The molecule has 0 amide bonds. The number of ketones is 1. The van der Waals surface area contributed by atoms with Crippen molar-refractivity contribution in [3.63, 3.8) is 0 Å². The number of H-pyrrole nitrogens is 1. The number of aromatic nitrogens is 7. The molecule has 0 unspecified atom stereocenters. The molecule has 2 aromatic heterocycles. The number of aromatic amines is 1. The van der Waals surface area contributed by atoms with Crippen molar-refractivity contribution in [2.45, 2.75) is 26.8 Å². The third-order valence-electron chi connectivity index (χ3n) is 5.68. The minimum absolute atomic E-state index is 0.164. The zero-order valence-electron chi connectivity index (χ0n) is 19.6. The molecule has 0 saturated carbocycles. The van der Waals surface area contributed by atoms with E-state index in [4.69, 9.17) is 0 Å². The van der Waals surface area contributed by atoms with Gasteiger partial charge in [0.15, 0.2) is 5.82 Å². The molecule has 174 valence electrons. The van der Waals surface area contributed by atoms with Crippen LogP contribution in [0.4, 0.5) is 0 Å². The molecule has 8 nitrogen and oxygen atoms in total. The molecule has 0 aliphatic heterocycles. The average Bonchev–Trinajstić information content (AvgIpc) is 3.55. The summed E-state index contributed by atoms with van der Waals surface area (Å²) in [6, 6.07) is 25.5. The van der Waals surface area contributed by atoms with E-state index in [1.807, 2.05) is 47.1 Å². The van der Waals surface area contributed by atoms with Gasteiger partial charge in [-0.3, -0.25) is 4.79 Å². The Bertz CT molecular complexity index is 1420. The van der Waals surface area contributed by atoms with Gasteiger partial charge in [0.2, 0.25) is 11.6 Å². The summed E-state index contributed by atoms with van der Waals surface area (Å²) in [7, 11) is 0. The highest BCUT2D eigenvalue weighted by Gasteiger charge is 2.19. The number of carbonyl (C=O) groups excluding carboxylic acids is 1. The molecule has 0 saturated heterocycles. The molecule has 0 aliphatic rings. The lowest BCUT2D eigenvalue weighted by molar-refractivity contribution is 0.102. The van der Waals surface area contributed by atoms with E-state index in [9.17, 15) is 4.79 Å². The van der Waals surface area contributed by atoms with Crippen molar-refractivity contribution in [1.29, 1.82) is 0 Å². The predicted octanol–water partition coefficient (Wildman–Crippen LogP) is 4.60. The van der Waals surface area contributed by atoms with Crippen LogP contribution in [0, 0.1) is 5.92 Å². The van der Waals surface area contributed by atoms with Gasteiger partial charge in [-0.15, -0.1) is 10.2 Å². The highest BCUT2D eigenvalue weighted by Crippen LogP contribution is 2.30. The molecule has 0 fully saturated rings. The van der Waals surface area contributed by atoms with Gasteiger partial charge < -0.3 is 0 Å². The molecule has 5 aromatic rings. The van der Waals surface area contributed by atoms with Crippen molar-refractivity contribution < 1.29 is 4.79 Å². The van der Waals surface area contributed by atoms with Gasteiger partial charge in [-0.2, -0.15) is 0 Å². The average molecular weight is 464 g/mol. The largest absolute Gasteiger partial charge is 0.285 e. The van der Waals surface area contributed by atoms with Crippen molar-refractivity contribution in [2.75, 3.05) is 0 Å². The second kappa shape index (κ2) is 9.80. The standard InChI is InChI=1S/C27H25N7O/c1-18(2)17-34-24(28-27(31-34)25(35)21-8-4-3-5-9-21)16-19-12-14-20(15-13-19)22-10-6-7-11-23(22)26-29-32-33-30-26/h3-15,18H,16-17H2,1-2H3,(H,29,30,32,33). The second-order valence-corrected chi connectivity index (χ2v) is 8.79. The molecule has 2 heterocycles. The molecule has 0 aliphatic carbocycles. The molecule has 1 N–H and O–H groups in total. The maximum absolute atomic E-state index is 12.9. The van der Waals surface area contributed by atoms with E-state index in [2.05, 4.69) is 68.8 Å². The first-order valence-corrected chi connectivity index (χ1v) is 11.5.